The van der Waals surface area contributed by atoms with Crippen LogP contribution in [0.25, 0.3) is 0 Å². The van der Waals surface area contributed by atoms with Gasteiger partial charge in [0.1, 0.15) is 5.03 Å². The second kappa shape index (κ2) is 5.93. The van der Waals surface area contributed by atoms with Crippen molar-refractivity contribution in [2.45, 2.75) is 23.4 Å². The van der Waals surface area contributed by atoms with E-state index in [1.807, 2.05) is 25.1 Å². The first-order valence-electron chi connectivity index (χ1n) is 5.39. The van der Waals surface area contributed by atoms with E-state index in [-0.39, 0.29) is 0 Å². The molecule has 0 aliphatic heterocycles. The minimum atomic E-state index is 0.452. The maximum atomic E-state index is 6.14. The van der Waals surface area contributed by atoms with E-state index in [2.05, 4.69) is 4.98 Å². The van der Waals surface area contributed by atoms with Gasteiger partial charge in [0.15, 0.2) is 0 Å². The Morgan fingerprint density at radius 3 is 2.72 bits per heavy atom. The largest absolute Gasteiger partial charge is 0.326 e. The molecule has 0 aliphatic carbocycles. The van der Waals surface area contributed by atoms with Gasteiger partial charge in [0.05, 0.1) is 5.02 Å². The number of nitrogens with two attached hydrogens (primary N) is 1. The average Bonchev–Trinajstić information content (AvgIpc) is 2.34. The van der Waals surface area contributed by atoms with Crippen LogP contribution in [0.15, 0.2) is 40.3 Å². The molecule has 0 atom stereocenters. The van der Waals surface area contributed by atoms with E-state index in [0.717, 1.165) is 21.2 Å². The number of nitrogens with zero attached hydrogens (tertiary/aromatic N) is 1. The van der Waals surface area contributed by atoms with Crippen LogP contribution in [0, 0.1) is 6.92 Å². The van der Waals surface area contributed by atoms with E-state index in [1.165, 1.54) is 11.8 Å². The highest BCUT2D eigenvalue weighted by atomic mass is 35.5. The summed E-state index contributed by atoms with van der Waals surface area (Å²) in [6.45, 7) is 2.40. The maximum absolute atomic E-state index is 6.14. The number of hydrogen-bond donors (Lipinski definition) is 1. The summed E-state index contributed by atoms with van der Waals surface area (Å²) in [5, 5.41) is 2.20. The summed E-state index contributed by atoms with van der Waals surface area (Å²) in [4.78, 5) is 5.38. The van der Waals surface area contributed by atoms with Crippen molar-refractivity contribution in [2.75, 3.05) is 0 Å². The Hall–Kier alpha value is -0.740. The third-order valence-corrected chi connectivity index (χ3v) is 4.18. The summed E-state index contributed by atoms with van der Waals surface area (Å²) in [7, 11) is 0. The van der Waals surface area contributed by atoms with Crippen LogP contribution in [0.5, 0.6) is 0 Å². The predicted octanol–water partition coefficient (Wildman–Crippen LogP) is 4.31. The first-order chi connectivity index (χ1) is 8.60. The lowest BCUT2D eigenvalue weighted by atomic mass is 10.2. The van der Waals surface area contributed by atoms with Gasteiger partial charge in [0.25, 0.3) is 0 Å². The lowest BCUT2D eigenvalue weighted by Crippen LogP contribution is -2.00. The van der Waals surface area contributed by atoms with Crippen molar-refractivity contribution >= 4 is 35.0 Å². The normalized spacial score (nSPS) is 10.7. The molecule has 0 aliphatic rings. The van der Waals surface area contributed by atoms with Crippen molar-refractivity contribution in [3.8, 4) is 0 Å². The third kappa shape index (κ3) is 3.18. The summed E-state index contributed by atoms with van der Waals surface area (Å²) in [6.07, 6.45) is 0. The highest BCUT2D eigenvalue weighted by Crippen LogP contribution is 2.35. The first-order valence-corrected chi connectivity index (χ1v) is 6.97. The Morgan fingerprint density at radius 1 is 1.22 bits per heavy atom. The van der Waals surface area contributed by atoms with Gasteiger partial charge in [-0.25, -0.2) is 4.98 Å². The minimum absolute atomic E-state index is 0.452. The smallest absolute Gasteiger partial charge is 0.106 e. The van der Waals surface area contributed by atoms with Crippen LogP contribution in [0.3, 0.4) is 0 Å². The average molecular weight is 299 g/mol. The molecule has 2 N–H and O–H groups in total. The molecule has 0 radical (unpaired) electrons. The number of benzene rings is 1. The van der Waals surface area contributed by atoms with Crippen molar-refractivity contribution in [2.24, 2.45) is 5.73 Å². The van der Waals surface area contributed by atoms with Crippen LogP contribution >= 0.6 is 35.0 Å². The molecule has 0 saturated heterocycles. The summed E-state index contributed by atoms with van der Waals surface area (Å²) >= 11 is 13.6. The van der Waals surface area contributed by atoms with Crippen LogP contribution in [-0.4, -0.2) is 4.98 Å². The molecule has 1 aromatic carbocycles. The molecule has 1 heterocycles. The molecule has 94 valence electrons. The first kappa shape index (κ1) is 13.7. The topological polar surface area (TPSA) is 38.9 Å². The summed E-state index contributed by atoms with van der Waals surface area (Å²) in [5.74, 6) is 0. The molecule has 0 saturated carbocycles. The van der Waals surface area contributed by atoms with Crippen LogP contribution in [-0.2, 0) is 6.54 Å². The molecule has 1 aromatic heterocycles. The monoisotopic (exact) mass is 298 g/mol. The number of aryl methyl sites for hydroxylation is 1. The number of rotatable bonds is 3. The van der Waals surface area contributed by atoms with Gasteiger partial charge in [-0.15, -0.1) is 0 Å². The Bertz CT molecular complexity index is 573. The quantitative estimate of drug-likeness (QED) is 0.918. The van der Waals surface area contributed by atoms with Crippen molar-refractivity contribution in [3.63, 3.8) is 0 Å². The summed E-state index contributed by atoms with van der Waals surface area (Å²) < 4.78 is 0. The van der Waals surface area contributed by atoms with Crippen molar-refractivity contribution < 1.29 is 0 Å². The van der Waals surface area contributed by atoms with E-state index >= 15 is 0 Å². The van der Waals surface area contributed by atoms with Gasteiger partial charge < -0.3 is 5.73 Å². The Morgan fingerprint density at radius 2 is 2.00 bits per heavy atom. The molecule has 0 spiro atoms. The molecule has 0 amide bonds. The van der Waals surface area contributed by atoms with Gasteiger partial charge in [-0.3, -0.25) is 0 Å². The molecule has 0 fully saturated rings. The molecule has 0 bridgehead atoms. The van der Waals surface area contributed by atoms with E-state index in [1.54, 1.807) is 12.1 Å². The second-order valence-electron chi connectivity index (χ2n) is 3.80. The van der Waals surface area contributed by atoms with Gasteiger partial charge in [-0.05, 0) is 36.8 Å². The third-order valence-electron chi connectivity index (χ3n) is 2.40. The number of pyridine rings is 1. The van der Waals surface area contributed by atoms with E-state index < -0.39 is 0 Å². The molecular formula is C13H12Cl2N2S. The SMILES string of the molecule is Cc1ccc(CN)c(Sc2cc(Cl)ccc2Cl)n1. The molecular weight excluding hydrogens is 287 g/mol. The van der Waals surface area contributed by atoms with E-state index in [4.69, 9.17) is 28.9 Å². The van der Waals surface area contributed by atoms with Gasteiger partial charge in [-0.1, -0.05) is 41.0 Å². The molecule has 2 aromatic rings. The standard InChI is InChI=1S/C13H12Cl2N2S/c1-8-2-3-9(7-16)13(17-8)18-12-6-10(14)4-5-11(12)15/h2-6H,7,16H2,1H3. The van der Waals surface area contributed by atoms with Gasteiger partial charge in [0.2, 0.25) is 0 Å². The summed E-state index contributed by atoms with van der Waals surface area (Å²) in [5.41, 5.74) is 7.66. The van der Waals surface area contributed by atoms with Crippen LogP contribution in [0.4, 0.5) is 0 Å². The zero-order valence-electron chi connectivity index (χ0n) is 9.78. The number of halogens is 2. The highest BCUT2D eigenvalue weighted by Gasteiger charge is 2.09. The Labute approximate surface area is 121 Å². The highest BCUT2D eigenvalue weighted by molar-refractivity contribution is 7.99. The van der Waals surface area contributed by atoms with Gasteiger partial charge in [-0.2, -0.15) is 0 Å². The van der Waals surface area contributed by atoms with Crippen molar-refractivity contribution in [1.82, 2.24) is 4.98 Å². The Kier molecular flexibility index (Phi) is 4.51. The molecule has 2 rings (SSSR count). The number of aromatic nitrogens is 1. The molecule has 2 nitrogen and oxygen atoms in total. The van der Waals surface area contributed by atoms with Gasteiger partial charge >= 0.3 is 0 Å². The van der Waals surface area contributed by atoms with E-state index in [9.17, 15) is 0 Å². The lowest BCUT2D eigenvalue weighted by Gasteiger charge is -2.09. The molecule has 0 unspecified atom stereocenters. The minimum Gasteiger partial charge on any atom is -0.326 e. The Balaban J connectivity index is 2.38. The molecule has 18 heavy (non-hydrogen) atoms. The predicted molar refractivity (Wildman–Crippen MR) is 77.5 cm³/mol. The summed E-state index contributed by atoms with van der Waals surface area (Å²) in [6, 6.07) is 9.32. The van der Waals surface area contributed by atoms with Gasteiger partial charge in [0, 0.05) is 22.2 Å². The zero-order valence-corrected chi connectivity index (χ0v) is 12.1. The fourth-order valence-corrected chi connectivity index (χ4v) is 2.97. The lowest BCUT2D eigenvalue weighted by molar-refractivity contribution is 0.941. The fourth-order valence-electron chi connectivity index (χ4n) is 1.47. The van der Waals surface area contributed by atoms with Crippen molar-refractivity contribution in [3.05, 3.63) is 51.6 Å². The zero-order chi connectivity index (χ0) is 13.1. The number of hydrogen-bond acceptors (Lipinski definition) is 3. The van der Waals surface area contributed by atoms with Crippen molar-refractivity contribution in [1.29, 1.82) is 0 Å². The van der Waals surface area contributed by atoms with E-state index in [0.29, 0.717) is 16.6 Å². The second-order valence-corrected chi connectivity index (χ2v) is 5.67. The van der Waals surface area contributed by atoms with Crippen LogP contribution in [0.2, 0.25) is 10.0 Å². The molecule has 5 heteroatoms. The van der Waals surface area contributed by atoms with Crippen LogP contribution in [0.1, 0.15) is 11.3 Å². The maximum Gasteiger partial charge on any atom is 0.106 e. The van der Waals surface area contributed by atoms with Crippen LogP contribution < -0.4 is 5.73 Å². The fraction of sp³-hybridized carbons (Fsp3) is 0.154.